The predicted octanol–water partition coefficient (Wildman–Crippen LogP) is 2.58. The smallest absolute Gasteiger partial charge is 0.191 e. The van der Waals surface area contributed by atoms with Gasteiger partial charge in [0.15, 0.2) is 5.96 Å². The van der Waals surface area contributed by atoms with Crippen molar-refractivity contribution < 1.29 is 9.15 Å². The molecule has 0 saturated carbocycles. The highest BCUT2D eigenvalue weighted by Crippen LogP contribution is 2.12. The highest BCUT2D eigenvalue weighted by molar-refractivity contribution is 5.79. The normalized spacial score (nSPS) is 18.6. The molecule has 1 aromatic rings. The third kappa shape index (κ3) is 6.52. The van der Waals surface area contributed by atoms with E-state index < -0.39 is 0 Å². The molecular weight excluding hydrogens is 278 g/mol. The summed E-state index contributed by atoms with van der Waals surface area (Å²) in [6, 6.07) is 3.93. The van der Waals surface area contributed by atoms with Gasteiger partial charge in [-0.05, 0) is 25.0 Å². The minimum Gasteiger partial charge on any atom is -0.469 e. The Labute approximate surface area is 133 Å². The molecule has 1 atom stereocenters. The Kier molecular flexibility index (Phi) is 7.88. The SMILES string of the molecule is CCCCCNC(=NCC1CCOC1)NCCc1ccco1. The van der Waals surface area contributed by atoms with Gasteiger partial charge < -0.3 is 19.8 Å². The number of nitrogens with zero attached hydrogens (tertiary/aromatic N) is 1. The second-order valence-corrected chi connectivity index (χ2v) is 5.81. The van der Waals surface area contributed by atoms with E-state index in [2.05, 4.69) is 17.6 Å². The van der Waals surface area contributed by atoms with Gasteiger partial charge in [0, 0.05) is 38.6 Å². The van der Waals surface area contributed by atoms with Gasteiger partial charge in [0.05, 0.1) is 12.9 Å². The van der Waals surface area contributed by atoms with Gasteiger partial charge in [0.25, 0.3) is 0 Å². The topological polar surface area (TPSA) is 58.8 Å². The summed E-state index contributed by atoms with van der Waals surface area (Å²) in [5, 5.41) is 6.82. The number of hydrogen-bond acceptors (Lipinski definition) is 3. The van der Waals surface area contributed by atoms with E-state index in [-0.39, 0.29) is 0 Å². The fraction of sp³-hybridized carbons (Fsp3) is 0.706. The van der Waals surface area contributed by atoms with E-state index in [4.69, 9.17) is 14.1 Å². The van der Waals surface area contributed by atoms with Crippen LogP contribution in [-0.4, -0.2) is 38.8 Å². The second-order valence-electron chi connectivity index (χ2n) is 5.81. The lowest BCUT2D eigenvalue weighted by molar-refractivity contribution is 0.187. The van der Waals surface area contributed by atoms with Crippen molar-refractivity contribution in [3.05, 3.63) is 24.2 Å². The van der Waals surface area contributed by atoms with E-state index in [1.165, 1.54) is 19.3 Å². The molecule has 1 aromatic heterocycles. The summed E-state index contributed by atoms with van der Waals surface area (Å²) in [5.74, 6) is 2.48. The molecule has 1 saturated heterocycles. The van der Waals surface area contributed by atoms with Crippen molar-refractivity contribution in [1.29, 1.82) is 0 Å². The molecular formula is C17H29N3O2. The molecule has 2 rings (SSSR count). The molecule has 0 radical (unpaired) electrons. The molecule has 22 heavy (non-hydrogen) atoms. The van der Waals surface area contributed by atoms with Crippen molar-refractivity contribution in [1.82, 2.24) is 10.6 Å². The van der Waals surface area contributed by atoms with Crippen LogP contribution in [-0.2, 0) is 11.2 Å². The van der Waals surface area contributed by atoms with Crippen molar-refractivity contribution in [2.45, 2.75) is 39.0 Å². The fourth-order valence-corrected chi connectivity index (χ4v) is 2.46. The third-order valence-electron chi connectivity index (χ3n) is 3.85. The summed E-state index contributed by atoms with van der Waals surface area (Å²) in [7, 11) is 0. The van der Waals surface area contributed by atoms with E-state index >= 15 is 0 Å². The number of nitrogens with one attached hydrogen (secondary N) is 2. The Hall–Kier alpha value is -1.49. The van der Waals surface area contributed by atoms with Crippen LogP contribution in [0.4, 0.5) is 0 Å². The maximum atomic E-state index is 5.41. The molecule has 5 nitrogen and oxygen atoms in total. The van der Waals surface area contributed by atoms with Crippen LogP contribution in [0.2, 0.25) is 0 Å². The number of rotatable bonds is 9. The van der Waals surface area contributed by atoms with Gasteiger partial charge in [-0.15, -0.1) is 0 Å². The quantitative estimate of drug-likeness (QED) is 0.418. The molecule has 1 aliphatic rings. The maximum absolute atomic E-state index is 5.41. The molecule has 0 amide bonds. The lowest BCUT2D eigenvalue weighted by Crippen LogP contribution is -2.39. The monoisotopic (exact) mass is 307 g/mol. The summed E-state index contributed by atoms with van der Waals surface area (Å²) in [4.78, 5) is 4.71. The summed E-state index contributed by atoms with van der Waals surface area (Å²) in [6.45, 7) is 6.58. The molecule has 0 aromatic carbocycles. The van der Waals surface area contributed by atoms with E-state index in [0.29, 0.717) is 5.92 Å². The van der Waals surface area contributed by atoms with Crippen LogP contribution in [0.5, 0.6) is 0 Å². The van der Waals surface area contributed by atoms with Crippen molar-refractivity contribution in [2.24, 2.45) is 10.9 Å². The van der Waals surface area contributed by atoms with Gasteiger partial charge in [-0.1, -0.05) is 19.8 Å². The van der Waals surface area contributed by atoms with Gasteiger partial charge in [0.2, 0.25) is 0 Å². The van der Waals surface area contributed by atoms with E-state index in [9.17, 15) is 0 Å². The van der Waals surface area contributed by atoms with Crippen LogP contribution in [0.3, 0.4) is 0 Å². The van der Waals surface area contributed by atoms with Gasteiger partial charge in [-0.3, -0.25) is 4.99 Å². The molecule has 0 bridgehead atoms. The first-order valence-electron chi connectivity index (χ1n) is 8.50. The number of unbranched alkanes of at least 4 members (excludes halogenated alkanes) is 2. The number of guanidine groups is 1. The first-order chi connectivity index (χ1) is 10.9. The summed E-state index contributed by atoms with van der Waals surface area (Å²) in [5.41, 5.74) is 0. The highest BCUT2D eigenvalue weighted by atomic mass is 16.5. The molecule has 1 fully saturated rings. The molecule has 1 aliphatic heterocycles. The van der Waals surface area contributed by atoms with Gasteiger partial charge in [0.1, 0.15) is 5.76 Å². The lowest BCUT2D eigenvalue weighted by atomic mass is 10.1. The molecule has 0 spiro atoms. The Bertz CT molecular complexity index is 412. The Morgan fingerprint density at radius 1 is 1.32 bits per heavy atom. The zero-order chi connectivity index (χ0) is 15.5. The first-order valence-corrected chi connectivity index (χ1v) is 8.50. The summed E-state index contributed by atoms with van der Waals surface area (Å²) >= 11 is 0. The zero-order valence-electron chi connectivity index (χ0n) is 13.6. The average molecular weight is 307 g/mol. The minimum absolute atomic E-state index is 0.569. The highest BCUT2D eigenvalue weighted by Gasteiger charge is 2.15. The second kappa shape index (κ2) is 10.3. The Morgan fingerprint density at radius 3 is 2.95 bits per heavy atom. The Morgan fingerprint density at radius 2 is 2.23 bits per heavy atom. The van der Waals surface area contributed by atoms with Crippen molar-refractivity contribution in [3.63, 3.8) is 0 Å². The standard InChI is InChI=1S/C17H29N3O2/c1-2-3-4-9-18-17(20-13-15-8-12-21-14-15)19-10-7-16-6-5-11-22-16/h5-6,11,15H,2-4,7-10,12-14H2,1H3,(H2,18,19,20). The molecule has 2 N–H and O–H groups in total. The van der Waals surface area contributed by atoms with Crippen LogP contribution < -0.4 is 10.6 Å². The number of ether oxygens (including phenoxy) is 1. The third-order valence-corrected chi connectivity index (χ3v) is 3.85. The predicted molar refractivity (Wildman–Crippen MR) is 89.2 cm³/mol. The van der Waals surface area contributed by atoms with Crippen molar-refractivity contribution in [3.8, 4) is 0 Å². The van der Waals surface area contributed by atoms with Crippen LogP contribution in [0.15, 0.2) is 27.8 Å². The number of hydrogen-bond donors (Lipinski definition) is 2. The number of aliphatic imine (C=N–C) groups is 1. The van der Waals surface area contributed by atoms with Crippen LogP contribution in [0.25, 0.3) is 0 Å². The molecule has 124 valence electrons. The number of furan rings is 1. The molecule has 0 aliphatic carbocycles. The summed E-state index contributed by atoms with van der Waals surface area (Å²) < 4.78 is 10.8. The minimum atomic E-state index is 0.569. The molecule has 1 unspecified atom stereocenters. The zero-order valence-corrected chi connectivity index (χ0v) is 13.6. The maximum Gasteiger partial charge on any atom is 0.191 e. The van der Waals surface area contributed by atoms with Gasteiger partial charge in [-0.25, -0.2) is 0 Å². The first kappa shape index (κ1) is 16.9. The van der Waals surface area contributed by atoms with Crippen molar-refractivity contribution in [2.75, 3.05) is 32.8 Å². The van der Waals surface area contributed by atoms with E-state index in [0.717, 1.165) is 57.4 Å². The van der Waals surface area contributed by atoms with Gasteiger partial charge >= 0.3 is 0 Å². The average Bonchev–Trinajstić information content (AvgIpc) is 3.21. The molecule has 5 heteroatoms. The molecule has 2 heterocycles. The van der Waals surface area contributed by atoms with Gasteiger partial charge in [-0.2, -0.15) is 0 Å². The van der Waals surface area contributed by atoms with E-state index in [1.807, 2.05) is 12.1 Å². The van der Waals surface area contributed by atoms with Crippen LogP contribution in [0.1, 0.15) is 38.4 Å². The largest absolute Gasteiger partial charge is 0.469 e. The fourth-order valence-electron chi connectivity index (χ4n) is 2.46. The van der Waals surface area contributed by atoms with E-state index in [1.54, 1.807) is 6.26 Å². The summed E-state index contributed by atoms with van der Waals surface area (Å²) in [6.07, 6.45) is 7.38. The Balaban J connectivity index is 1.73. The van der Waals surface area contributed by atoms with Crippen LogP contribution in [0, 0.1) is 5.92 Å². The van der Waals surface area contributed by atoms with Crippen molar-refractivity contribution >= 4 is 5.96 Å². The van der Waals surface area contributed by atoms with Crippen LogP contribution >= 0.6 is 0 Å². The lowest BCUT2D eigenvalue weighted by Gasteiger charge is -2.13.